The Morgan fingerprint density at radius 3 is 2.74 bits per heavy atom. The van der Waals surface area contributed by atoms with E-state index in [4.69, 9.17) is 11.6 Å². The van der Waals surface area contributed by atoms with Gasteiger partial charge in [0.05, 0.1) is 5.02 Å². The van der Waals surface area contributed by atoms with E-state index in [0.29, 0.717) is 16.0 Å². The van der Waals surface area contributed by atoms with E-state index < -0.39 is 0 Å². The molecule has 0 amide bonds. The Morgan fingerprint density at radius 1 is 1.47 bits per heavy atom. The molecule has 0 saturated heterocycles. The minimum Gasteiger partial charge on any atom is -0.310 e. The molecule has 2 unspecified atom stereocenters. The standard InChI is InChI=1S/C15H20BrClFN/c1-3-8-19-15(9(2)10-4-5-10)11-6-7-12(16)13(17)14(11)18/h6-7,9-10,15,19H,3-5,8H2,1-2H3. The van der Waals surface area contributed by atoms with E-state index in [1.54, 1.807) is 0 Å². The van der Waals surface area contributed by atoms with Crippen LogP contribution in [-0.2, 0) is 0 Å². The van der Waals surface area contributed by atoms with Gasteiger partial charge >= 0.3 is 0 Å². The highest BCUT2D eigenvalue weighted by Gasteiger charge is 2.35. The van der Waals surface area contributed by atoms with Gasteiger partial charge in [0.25, 0.3) is 0 Å². The Hall–Kier alpha value is -0.120. The molecule has 106 valence electrons. The van der Waals surface area contributed by atoms with Crippen LogP contribution in [0.2, 0.25) is 5.02 Å². The fraction of sp³-hybridized carbons (Fsp3) is 0.600. The van der Waals surface area contributed by atoms with Gasteiger partial charge in [-0.15, -0.1) is 0 Å². The lowest BCUT2D eigenvalue weighted by Crippen LogP contribution is -2.29. The first-order valence-corrected chi connectivity index (χ1v) is 8.10. The lowest BCUT2D eigenvalue weighted by atomic mass is 9.90. The van der Waals surface area contributed by atoms with Crippen molar-refractivity contribution in [2.45, 2.75) is 39.2 Å². The van der Waals surface area contributed by atoms with Crippen LogP contribution in [0.4, 0.5) is 4.39 Å². The maximum Gasteiger partial charge on any atom is 0.147 e. The van der Waals surface area contributed by atoms with E-state index in [9.17, 15) is 4.39 Å². The van der Waals surface area contributed by atoms with Crippen LogP contribution < -0.4 is 5.32 Å². The molecular weight excluding hydrogens is 329 g/mol. The van der Waals surface area contributed by atoms with Crippen LogP contribution in [0.3, 0.4) is 0 Å². The number of hydrogen-bond acceptors (Lipinski definition) is 1. The monoisotopic (exact) mass is 347 g/mol. The smallest absolute Gasteiger partial charge is 0.147 e. The molecule has 0 heterocycles. The van der Waals surface area contributed by atoms with Crippen molar-refractivity contribution in [1.82, 2.24) is 5.32 Å². The topological polar surface area (TPSA) is 12.0 Å². The number of nitrogens with one attached hydrogen (secondary N) is 1. The summed E-state index contributed by atoms with van der Waals surface area (Å²) in [4.78, 5) is 0. The third kappa shape index (κ3) is 3.50. The van der Waals surface area contributed by atoms with Gasteiger partial charge in [-0.25, -0.2) is 4.39 Å². The fourth-order valence-corrected chi connectivity index (χ4v) is 3.03. The molecular formula is C15H20BrClFN. The highest BCUT2D eigenvalue weighted by Crippen LogP contribution is 2.44. The second-order valence-electron chi connectivity index (χ2n) is 5.39. The zero-order valence-corrected chi connectivity index (χ0v) is 13.7. The largest absolute Gasteiger partial charge is 0.310 e. The van der Waals surface area contributed by atoms with Crippen molar-refractivity contribution in [3.63, 3.8) is 0 Å². The van der Waals surface area contributed by atoms with E-state index in [-0.39, 0.29) is 16.9 Å². The van der Waals surface area contributed by atoms with E-state index in [1.165, 1.54) is 12.8 Å². The van der Waals surface area contributed by atoms with Crippen LogP contribution in [0.15, 0.2) is 16.6 Å². The first-order chi connectivity index (χ1) is 9.06. The van der Waals surface area contributed by atoms with E-state index in [1.807, 2.05) is 12.1 Å². The molecule has 1 aliphatic rings. The van der Waals surface area contributed by atoms with Gasteiger partial charge in [0.1, 0.15) is 5.82 Å². The van der Waals surface area contributed by atoms with Crippen LogP contribution in [0, 0.1) is 17.7 Å². The average Bonchev–Trinajstić information content (AvgIpc) is 3.22. The summed E-state index contributed by atoms with van der Waals surface area (Å²) >= 11 is 9.28. The van der Waals surface area contributed by atoms with Gasteiger partial charge in [-0.2, -0.15) is 0 Å². The number of rotatable bonds is 6. The van der Waals surface area contributed by atoms with Crippen molar-refractivity contribution in [3.05, 3.63) is 33.0 Å². The lowest BCUT2D eigenvalue weighted by molar-refractivity contribution is 0.340. The molecule has 1 aromatic carbocycles. The molecule has 2 rings (SSSR count). The van der Waals surface area contributed by atoms with Gasteiger partial charge in [-0.05, 0) is 59.6 Å². The van der Waals surface area contributed by atoms with Gasteiger partial charge in [0.15, 0.2) is 0 Å². The van der Waals surface area contributed by atoms with Crippen molar-refractivity contribution in [1.29, 1.82) is 0 Å². The first kappa shape index (κ1) is 15.3. The summed E-state index contributed by atoms with van der Waals surface area (Å²) in [7, 11) is 0. The summed E-state index contributed by atoms with van der Waals surface area (Å²) in [5, 5.41) is 3.66. The average molecular weight is 349 g/mol. The van der Waals surface area contributed by atoms with Crippen LogP contribution in [0.5, 0.6) is 0 Å². The van der Waals surface area contributed by atoms with Gasteiger partial charge in [-0.3, -0.25) is 0 Å². The molecule has 1 aromatic rings. The highest BCUT2D eigenvalue weighted by molar-refractivity contribution is 9.10. The van der Waals surface area contributed by atoms with E-state index in [2.05, 4.69) is 35.1 Å². The summed E-state index contributed by atoms with van der Waals surface area (Å²) in [6.45, 7) is 5.23. The molecule has 1 N–H and O–H groups in total. The Balaban J connectivity index is 2.28. The molecule has 19 heavy (non-hydrogen) atoms. The second kappa shape index (κ2) is 6.55. The Morgan fingerprint density at radius 2 is 2.16 bits per heavy atom. The summed E-state index contributed by atoms with van der Waals surface area (Å²) in [6.07, 6.45) is 3.56. The molecule has 2 atom stereocenters. The maximum atomic E-state index is 14.4. The van der Waals surface area contributed by atoms with Crippen molar-refractivity contribution >= 4 is 27.5 Å². The lowest BCUT2D eigenvalue weighted by Gasteiger charge is -2.26. The van der Waals surface area contributed by atoms with Crippen LogP contribution in [-0.4, -0.2) is 6.54 Å². The molecule has 0 spiro atoms. The summed E-state index contributed by atoms with van der Waals surface area (Å²) in [5.41, 5.74) is 0.695. The van der Waals surface area contributed by atoms with Gasteiger partial charge < -0.3 is 5.32 Å². The van der Waals surface area contributed by atoms with Crippen LogP contribution >= 0.6 is 27.5 Å². The highest BCUT2D eigenvalue weighted by atomic mass is 79.9. The quantitative estimate of drug-likeness (QED) is 0.685. The minimum atomic E-state index is -0.294. The molecule has 1 aliphatic carbocycles. The van der Waals surface area contributed by atoms with E-state index >= 15 is 0 Å². The molecule has 0 aromatic heterocycles. The molecule has 1 saturated carbocycles. The molecule has 1 fully saturated rings. The Kier molecular flexibility index (Phi) is 5.27. The van der Waals surface area contributed by atoms with Gasteiger partial charge in [0.2, 0.25) is 0 Å². The molecule has 0 bridgehead atoms. The third-order valence-corrected chi connectivity index (χ3v) is 5.16. The molecule has 0 aliphatic heterocycles. The summed E-state index contributed by atoms with van der Waals surface area (Å²) in [6, 6.07) is 3.73. The maximum absolute atomic E-state index is 14.4. The third-order valence-electron chi connectivity index (χ3n) is 3.91. The normalized spacial score (nSPS) is 18.4. The first-order valence-electron chi connectivity index (χ1n) is 6.93. The van der Waals surface area contributed by atoms with E-state index in [0.717, 1.165) is 18.9 Å². The van der Waals surface area contributed by atoms with Crippen molar-refractivity contribution < 1.29 is 4.39 Å². The molecule has 4 heteroatoms. The number of halogens is 3. The summed E-state index contributed by atoms with van der Waals surface area (Å²) in [5.74, 6) is 0.867. The van der Waals surface area contributed by atoms with Crippen molar-refractivity contribution in [2.24, 2.45) is 11.8 Å². The number of benzene rings is 1. The van der Waals surface area contributed by atoms with Crippen molar-refractivity contribution in [2.75, 3.05) is 6.54 Å². The van der Waals surface area contributed by atoms with Crippen LogP contribution in [0.1, 0.15) is 44.7 Å². The summed E-state index contributed by atoms with van der Waals surface area (Å²) < 4.78 is 15.0. The zero-order valence-electron chi connectivity index (χ0n) is 11.3. The van der Waals surface area contributed by atoms with Gasteiger partial charge in [-0.1, -0.05) is 31.5 Å². The Bertz CT molecular complexity index is 448. The predicted octanol–water partition coefficient (Wildman–Crippen LogP) is 5.33. The zero-order chi connectivity index (χ0) is 14.0. The minimum absolute atomic E-state index is 0.0537. The Labute approximate surface area is 128 Å². The van der Waals surface area contributed by atoms with Crippen LogP contribution in [0.25, 0.3) is 0 Å². The molecule has 0 radical (unpaired) electrons. The fourth-order valence-electron chi connectivity index (χ4n) is 2.55. The second-order valence-corrected chi connectivity index (χ2v) is 6.63. The number of hydrogen-bond donors (Lipinski definition) is 1. The van der Waals surface area contributed by atoms with Gasteiger partial charge in [0, 0.05) is 16.1 Å². The van der Waals surface area contributed by atoms with Crippen molar-refractivity contribution in [3.8, 4) is 0 Å². The molecule has 1 nitrogen and oxygen atoms in total. The predicted molar refractivity (Wildman–Crippen MR) is 82.0 cm³/mol. The SMILES string of the molecule is CCCNC(c1ccc(Br)c(Cl)c1F)C(C)C1CC1.